The average Bonchev–Trinajstić information content (AvgIpc) is 3.54. The monoisotopic (exact) mass is 696 g/mol. The number of hydrogen-bond acceptors (Lipinski definition) is 15. The largest absolute Gasteiger partial charge is 0.476 e. The van der Waals surface area contributed by atoms with Crippen molar-refractivity contribution in [2.75, 3.05) is 37.9 Å². The zero-order valence-electron chi connectivity index (χ0n) is 26.8. The summed E-state index contributed by atoms with van der Waals surface area (Å²) in [7, 11) is -4.06. The first-order chi connectivity index (χ1) is 22.2. The molecule has 16 nitrogen and oxygen atoms in total. The number of anilines is 1. The van der Waals surface area contributed by atoms with Gasteiger partial charge in [-0.3, -0.25) is 23.2 Å². The molecule has 2 unspecified atom stereocenters. The van der Waals surface area contributed by atoms with E-state index in [2.05, 4.69) is 20.0 Å². The lowest BCUT2D eigenvalue weighted by Crippen LogP contribution is -2.44. The number of carbonyl (C=O) groups is 2. The van der Waals surface area contributed by atoms with E-state index < -0.39 is 49.8 Å². The first-order valence-corrected chi connectivity index (χ1v) is 17.4. The van der Waals surface area contributed by atoms with Crippen LogP contribution < -0.4 is 15.6 Å². The number of nitrogens with one attached hydrogen (secondary N) is 1. The zero-order valence-corrected chi connectivity index (χ0v) is 28.5. The van der Waals surface area contributed by atoms with Gasteiger partial charge in [0.05, 0.1) is 31.6 Å². The Morgan fingerprint density at radius 3 is 2.64 bits per heavy atom. The van der Waals surface area contributed by atoms with E-state index in [0.29, 0.717) is 6.61 Å². The molecule has 258 valence electrons. The van der Waals surface area contributed by atoms with Gasteiger partial charge < -0.3 is 30.2 Å². The molecular formula is C29H41N6O10PS. The average molecular weight is 697 g/mol. The Hall–Kier alpha value is -3.15. The lowest BCUT2D eigenvalue weighted by Gasteiger charge is -2.27. The highest BCUT2D eigenvalue weighted by molar-refractivity contribution is 8.13. The minimum absolute atomic E-state index is 0.0768. The summed E-state index contributed by atoms with van der Waals surface area (Å²) in [6.07, 6.45) is -2.49. The Kier molecular flexibility index (Phi) is 12.0. The summed E-state index contributed by atoms with van der Waals surface area (Å²) in [5.74, 6) is -0.290. The molecule has 47 heavy (non-hydrogen) atoms. The Balaban J connectivity index is 1.45. The molecule has 4 rings (SSSR count). The van der Waals surface area contributed by atoms with Gasteiger partial charge in [-0.2, -0.15) is 9.97 Å². The van der Waals surface area contributed by atoms with Gasteiger partial charge in [-0.15, -0.1) is 0 Å². The molecule has 1 fully saturated rings. The Morgan fingerprint density at radius 2 is 1.96 bits per heavy atom. The second kappa shape index (κ2) is 15.4. The van der Waals surface area contributed by atoms with Gasteiger partial charge in [0.2, 0.25) is 11.8 Å². The third kappa shape index (κ3) is 9.06. The number of aliphatic hydroxyl groups is 2. The Morgan fingerprint density at radius 1 is 1.23 bits per heavy atom. The highest BCUT2D eigenvalue weighted by atomic mass is 32.2. The van der Waals surface area contributed by atoms with E-state index in [-0.39, 0.29) is 53.6 Å². The van der Waals surface area contributed by atoms with E-state index in [1.54, 1.807) is 20.8 Å². The third-order valence-corrected chi connectivity index (χ3v) is 9.93. The summed E-state index contributed by atoms with van der Waals surface area (Å²) in [5, 5.41) is 25.0. The topological polar surface area (TPSA) is 219 Å². The van der Waals surface area contributed by atoms with Crippen LogP contribution in [-0.4, -0.2) is 90.8 Å². The van der Waals surface area contributed by atoms with Gasteiger partial charge in [-0.25, -0.2) is 14.6 Å². The first kappa shape index (κ1) is 36.7. The summed E-state index contributed by atoms with van der Waals surface area (Å²) in [6.45, 7) is 7.50. The number of benzene rings is 1. The number of nitrogens with two attached hydrogens (primary N) is 1. The minimum Gasteiger partial charge on any atom is -0.476 e. The molecule has 1 aliphatic rings. The van der Waals surface area contributed by atoms with E-state index in [1.165, 1.54) is 24.7 Å². The molecule has 5 atom stereocenters. The molecular weight excluding hydrogens is 655 g/mol. The zero-order chi connectivity index (χ0) is 34.4. The Labute approximate surface area is 276 Å². The van der Waals surface area contributed by atoms with Crippen LogP contribution in [0.2, 0.25) is 0 Å². The normalized spacial score (nSPS) is 22.7. The molecule has 0 amide bonds. The van der Waals surface area contributed by atoms with Crippen LogP contribution in [0.5, 0.6) is 5.88 Å². The van der Waals surface area contributed by atoms with Gasteiger partial charge in [0.1, 0.15) is 24.4 Å². The second-order valence-corrected chi connectivity index (χ2v) is 14.5. The van der Waals surface area contributed by atoms with Gasteiger partial charge in [0.15, 0.2) is 22.5 Å². The van der Waals surface area contributed by atoms with Crippen molar-refractivity contribution in [2.45, 2.75) is 65.2 Å². The molecule has 3 heterocycles. The summed E-state index contributed by atoms with van der Waals surface area (Å²) in [4.78, 5) is 36.4. The molecule has 18 heteroatoms. The van der Waals surface area contributed by atoms with Gasteiger partial charge in [-0.1, -0.05) is 42.1 Å². The summed E-state index contributed by atoms with van der Waals surface area (Å²) < 4.78 is 43.3. The van der Waals surface area contributed by atoms with Crippen LogP contribution in [0.1, 0.15) is 46.4 Å². The van der Waals surface area contributed by atoms with Gasteiger partial charge in [0.25, 0.3) is 0 Å². The first-order valence-electron chi connectivity index (χ1n) is 14.8. The van der Waals surface area contributed by atoms with Crippen LogP contribution in [0.25, 0.3) is 11.2 Å². The fourth-order valence-electron chi connectivity index (χ4n) is 4.61. The van der Waals surface area contributed by atoms with Crippen LogP contribution >= 0.6 is 19.5 Å². The van der Waals surface area contributed by atoms with Gasteiger partial charge in [-0.05, 0) is 33.3 Å². The van der Waals surface area contributed by atoms with Crippen LogP contribution in [0.3, 0.4) is 0 Å². The van der Waals surface area contributed by atoms with Crippen molar-refractivity contribution in [3.8, 4) is 5.88 Å². The van der Waals surface area contributed by atoms with E-state index in [1.807, 2.05) is 30.3 Å². The van der Waals surface area contributed by atoms with Crippen molar-refractivity contribution in [1.29, 1.82) is 0 Å². The predicted molar refractivity (Wildman–Crippen MR) is 172 cm³/mol. The maximum absolute atomic E-state index is 13.9. The summed E-state index contributed by atoms with van der Waals surface area (Å²) >= 11 is 0.944. The summed E-state index contributed by atoms with van der Waals surface area (Å²) in [6, 6.07) is 9.14. The summed E-state index contributed by atoms with van der Waals surface area (Å²) in [5.41, 5.74) is 4.36. The molecule has 0 spiro atoms. The lowest BCUT2D eigenvalue weighted by molar-refractivity contribution is -0.145. The van der Waals surface area contributed by atoms with Gasteiger partial charge >= 0.3 is 13.7 Å². The molecule has 1 saturated heterocycles. The SMILES string of the molecule is CCOc1nc(N)nc2c1ncn2[C@@H]1OC(COP(=O)(NCc2ccccc2)OCCSC(=O)C(C)(C)COC(C)=O)[C@@H](O)[C@@]1(C)O. The highest BCUT2D eigenvalue weighted by Crippen LogP contribution is 2.47. The van der Waals surface area contributed by atoms with E-state index >= 15 is 0 Å². The van der Waals surface area contributed by atoms with E-state index in [4.69, 9.17) is 29.0 Å². The van der Waals surface area contributed by atoms with Crippen molar-refractivity contribution in [3.63, 3.8) is 0 Å². The van der Waals surface area contributed by atoms with Crippen LogP contribution in [0, 0.1) is 5.41 Å². The number of nitrogen functional groups attached to an aromatic ring is 1. The van der Waals surface area contributed by atoms with Crippen molar-refractivity contribution >= 4 is 47.7 Å². The number of imidazole rings is 1. The minimum atomic E-state index is -4.06. The van der Waals surface area contributed by atoms with Crippen molar-refractivity contribution < 1.29 is 47.6 Å². The fraction of sp³-hybridized carbons (Fsp3) is 0.552. The highest BCUT2D eigenvalue weighted by Gasteiger charge is 2.54. The molecule has 0 saturated carbocycles. The predicted octanol–water partition coefficient (Wildman–Crippen LogP) is 2.60. The second-order valence-electron chi connectivity index (χ2n) is 11.6. The number of rotatable bonds is 16. The maximum Gasteiger partial charge on any atom is 0.405 e. The number of aliphatic hydroxyl groups excluding tert-OH is 1. The number of nitrogens with zero attached hydrogens (tertiary/aromatic N) is 4. The number of carbonyl (C=O) groups excluding carboxylic acids is 2. The molecule has 2 aromatic heterocycles. The molecule has 0 aliphatic carbocycles. The number of fused-ring (bicyclic) bond motifs is 1. The van der Waals surface area contributed by atoms with Crippen molar-refractivity contribution in [1.82, 2.24) is 24.6 Å². The number of aromatic nitrogens is 4. The lowest BCUT2D eigenvalue weighted by atomic mass is 9.96. The molecule has 5 N–H and O–H groups in total. The van der Waals surface area contributed by atoms with E-state index in [9.17, 15) is 24.4 Å². The Bertz CT molecular complexity index is 1590. The van der Waals surface area contributed by atoms with Crippen LogP contribution in [0.4, 0.5) is 5.95 Å². The van der Waals surface area contributed by atoms with Crippen molar-refractivity contribution in [3.05, 3.63) is 42.2 Å². The quantitative estimate of drug-likeness (QED) is 0.0961. The van der Waals surface area contributed by atoms with Crippen LogP contribution in [0.15, 0.2) is 36.7 Å². The van der Waals surface area contributed by atoms with E-state index in [0.717, 1.165) is 17.3 Å². The van der Waals surface area contributed by atoms with Gasteiger partial charge in [0, 0.05) is 19.2 Å². The molecule has 1 aliphatic heterocycles. The van der Waals surface area contributed by atoms with Crippen LogP contribution in [-0.2, 0) is 39.2 Å². The number of thioether (sulfide) groups is 1. The molecule has 0 bridgehead atoms. The number of esters is 1. The van der Waals surface area contributed by atoms with Crippen molar-refractivity contribution in [2.24, 2.45) is 5.41 Å². The molecule has 0 radical (unpaired) electrons. The number of ether oxygens (including phenoxy) is 3. The smallest absolute Gasteiger partial charge is 0.405 e. The number of hydrogen-bond donors (Lipinski definition) is 4. The molecule has 3 aromatic rings. The maximum atomic E-state index is 13.9. The third-order valence-electron chi connectivity index (χ3n) is 7.19. The fourth-order valence-corrected chi connectivity index (χ4v) is 6.84. The molecule has 1 aromatic carbocycles. The standard InChI is InChI=1S/C29H41N6O10PS/c1-6-41-24-21-23(33-27(30)34-24)35(17-31-21)25-29(5,39)22(37)20(45-25)15-44-46(40,32-14-19-10-8-7-9-11-19)43-12-13-47-26(38)28(3,4)16-42-18(2)36/h7-11,17,20,22,25,37,39H,6,12-16H2,1-5H3,(H,32,40)(H2,30,33,34)/t20?,22-,25-,29-,46?/m1/s1.